The lowest BCUT2D eigenvalue weighted by Crippen LogP contribution is -2.47. The van der Waals surface area contributed by atoms with Crippen LogP contribution in [0.5, 0.6) is 0 Å². The van der Waals surface area contributed by atoms with Crippen LogP contribution in [0.4, 0.5) is 0 Å². The molecule has 0 aliphatic carbocycles. The summed E-state index contributed by atoms with van der Waals surface area (Å²) in [7, 11) is 4.27. The van der Waals surface area contributed by atoms with Gasteiger partial charge in [0.15, 0.2) is 0 Å². The van der Waals surface area contributed by atoms with Crippen LogP contribution in [0.15, 0.2) is 0 Å². The predicted octanol–water partition coefficient (Wildman–Crippen LogP) is 0.360. The van der Waals surface area contributed by atoms with Gasteiger partial charge in [-0.3, -0.25) is 0 Å². The molecule has 1 aliphatic heterocycles. The third kappa shape index (κ3) is 3.63. The molecule has 1 fully saturated rings. The van der Waals surface area contributed by atoms with Crippen molar-refractivity contribution in [1.82, 2.24) is 9.80 Å². The number of nitrogens with two attached hydrogens (primary N) is 1. The Morgan fingerprint density at radius 1 is 1.54 bits per heavy atom. The Hall–Kier alpha value is -0.120. The minimum Gasteiger partial charge on any atom is -0.327 e. The van der Waals surface area contributed by atoms with Crippen LogP contribution in [-0.4, -0.2) is 55.6 Å². The maximum atomic E-state index is 5.92. The van der Waals surface area contributed by atoms with Gasteiger partial charge in [0.2, 0.25) is 0 Å². The first-order valence-electron chi connectivity index (χ1n) is 5.24. The van der Waals surface area contributed by atoms with Crippen molar-refractivity contribution in [2.75, 3.05) is 33.7 Å². The van der Waals surface area contributed by atoms with E-state index in [0.29, 0.717) is 12.1 Å². The van der Waals surface area contributed by atoms with Gasteiger partial charge in [-0.2, -0.15) is 0 Å². The van der Waals surface area contributed by atoms with E-state index in [1.807, 2.05) is 0 Å². The number of rotatable bonds is 3. The second-order valence-electron chi connectivity index (χ2n) is 4.47. The van der Waals surface area contributed by atoms with Gasteiger partial charge in [0.25, 0.3) is 0 Å². The summed E-state index contributed by atoms with van der Waals surface area (Å²) in [5, 5.41) is 0. The molecule has 0 bridgehead atoms. The van der Waals surface area contributed by atoms with Gasteiger partial charge < -0.3 is 15.5 Å². The first-order valence-corrected chi connectivity index (χ1v) is 5.24. The molecule has 0 aromatic rings. The van der Waals surface area contributed by atoms with Gasteiger partial charge >= 0.3 is 0 Å². The maximum Gasteiger partial charge on any atom is 0.0188 e. The molecular weight excluding hydrogens is 162 g/mol. The number of hydrogen-bond donors (Lipinski definition) is 1. The topological polar surface area (TPSA) is 32.5 Å². The molecule has 0 spiro atoms. The Morgan fingerprint density at radius 3 is 2.77 bits per heavy atom. The average molecular weight is 185 g/mol. The van der Waals surface area contributed by atoms with E-state index in [1.165, 1.54) is 19.4 Å². The average Bonchev–Trinajstić information content (AvgIpc) is 2.04. The highest BCUT2D eigenvalue weighted by molar-refractivity contribution is 4.77. The summed E-state index contributed by atoms with van der Waals surface area (Å²) in [6.07, 6.45) is 2.47. The van der Waals surface area contributed by atoms with E-state index in [-0.39, 0.29) is 0 Å². The molecule has 0 saturated carbocycles. The highest BCUT2D eigenvalue weighted by Gasteiger charge is 2.18. The van der Waals surface area contributed by atoms with Gasteiger partial charge in [-0.15, -0.1) is 0 Å². The molecule has 1 heterocycles. The zero-order valence-electron chi connectivity index (χ0n) is 9.16. The van der Waals surface area contributed by atoms with Crippen molar-refractivity contribution in [2.45, 2.75) is 31.8 Å². The Labute approximate surface area is 81.9 Å². The minimum atomic E-state index is 0.406. The lowest BCUT2D eigenvalue weighted by atomic mass is 10.1. The molecule has 1 rings (SSSR count). The van der Waals surface area contributed by atoms with E-state index in [0.717, 1.165) is 13.1 Å². The number of likely N-dealkylation sites (N-methyl/N-ethyl adjacent to an activating group) is 1. The SMILES string of the molecule is CC(CN1CCCC(N)C1)N(C)C. The van der Waals surface area contributed by atoms with E-state index in [9.17, 15) is 0 Å². The molecule has 1 saturated heterocycles. The van der Waals surface area contributed by atoms with E-state index in [1.54, 1.807) is 0 Å². The van der Waals surface area contributed by atoms with E-state index < -0.39 is 0 Å². The van der Waals surface area contributed by atoms with Crippen LogP contribution in [0, 0.1) is 0 Å². The van der Waals surface area contributed by atoms with Gasteiger partial charge in [0, 0.05) is 25.2 Å². The molecule has 2 atom stereocenters. The largest absolute Gasteiger partial charge is 0.327 e. The minimum absolute atomic E-state index is 0.406. The maximum absolute atomic E-state index is 5.92. The summed E-state index contributed by atoms with van der Waals surface area (Å²) in [5.41, 5.74) is 5.92. The lowest BCUT2D eigenvalue weighted by molar-refractivity contribution is 0.158. The standard InChI is InChI=1S/C10H23N3/c1-9(12(2)3)7-13-6-4-5-10(11)8-13/h9-10H,4-8,11H2,1-3H3. The van der Waals surface area contributed by atoms with Crippen molar-refractivity contribution in [2.24, 2.45) is 5.73 Å². The first kappa shape index (κ1) is 11.0. The third-order valence-electron chi connectivity index (χ3n) is 2.95. The number of piperidine rings is 1. The van der Waals surface area contributed by atoms with Gasteiger partial charge in [0.05, 0.1) is 0 Å². The predicted molar refractivity (Wildman–Crippen MR) is 56.8 cm³/mol. The molecule has 0 aromatic heterocycles. The van der Waals surface area contributed by atoms with Gasteiger partial charge in [-0.05, 0) is 40.4 Å². The monoisotopic (exact) mass is 185 g/mol. The van der Waals surface area contributed by atoms with Crippen molar-refractivity contribution in [1.29, 1.82) is 0 Å². The van der Waals surface area contributed by atoms with Crippen LogP contribution in [0.25, 0.3) is 0 Å². The molecule has 2 unspecified atom stereocenters. The van der Waals surface area contributed by atoms with Crippen LogP contribution in [-0.2, 0) is 0 Å². The quantitative estimate of drug-likeness (QED) is 0.689. The summed E-state index contributed by atoms with van der Waals surface area (Å²) >= 11 is 0. The Morgan fingerprint density at radius 2 is 2.23 bits per heavy atom. The van der Waals surface area contributed by atoms with Crippen molar-refractivity contribution in [3.8, 4) is 0 Å². The number of nitrogens with zero attached hydrogens (tertiary/aromatic N) is 2. The van der Waals surface area contributed by atoms with Crippen molar-refractivity contribution >= 4 is 0 Å². The second-order valence-corrected chi connectivity index (χ2v) is 4.47. The first-order chi connectivity index (χ1) is 6.09. The molecule has 1 aliphatic rings. The van der Waals surface area contributed by atoms with Crippen LogP contribution in [0.1, 0.15) is 19.8 Å². The molecule has 2 N–H and O–H groups in total. The summed E-state index contributed by atoms with van der Waals surface area (Å²) in [4.78, 5) is 4.75. The van der Waals surface area contributed by atoms with E-state index in [4.69, 9.17) is 5.73 Å². The lowest BCUT2D eigenvalue weighted by Gasteiger charge is -2.34. The fraction of sp³-hybridized carbons (Fsp3) is 1.00. The number of hydrogen-bond acceptors (Lipinski definition) is 3. The molecule has 13 heavy (non-hydrogen) atoms. The highest BCUT2D eigenvalue weighted by atomic mass is 15.2. The summed E-state index contributed by atoms with van der Waals surface area (Å²) < 4.78 is 0. The van der Waals surface area contributed by atoms with Crippen molar-refractivity contribution in [3.05, 3.63) is 0 Å². The molecule has 0 amide bonds. The summed E-state index contributed by atoms with van der Waals surface area (Å²) in [6, 6.07) is 1.04. The van der Waals surface area contributed by atoms with Gasteiger partial charge in [0.1, 0.15) is 0 Å². The van der Waals surface area contributed by atoms with E-state index >= 15 is 0 Å². The zero-order valence-corrected chi connectivity index (χ0v) is 9.16. The van der Waals surface area contributed by atoms with Gasteiger partial charge in [-0.1, -0.05) is 0 Å². The Bertz CT molecular complexity index is 147. The zero-order chi connectivity index (χ0) is 9.84. The smallest absolute Gasteiger partial charge is 0.0188 e. The van der Waals surface area contributed by atoms with Crippen LogP contribution in [0.2, 0.25) is 0 Å². The molecule has 0 aromatic carbocycles. The Balaban J connectivity index is 2.27. The summed E-state index contributed by atoms with van der Waals surface area (Å²) in [5.74, 6) is 0. The summed E-state index contributed by atoms with van der Waals surface area (Å²) in [6.45, 7) is 5.73. The van der Waals surface area contributed by atoms with Crippen molar-refractivity contribution < 1.29 is 0 Å². The Kier molecular flexibility index (Phi) is 4.16. The van der Waals surface area contributed by atoms with E-state index in [2.05, 4.69) is 30.8 Å². The van der Waals surface area contributed by atoms with Crippen LogP contribution < -0.4 is 5.73 Å². The molecule has 3 nitrogen and oxygen atoms in total. The normalized spacial score (nSPS) is 27.9. The fourth-order valence-electron chi connectivity index (χ4n) is 1.79. The van der Waals surface area contributed by atoms with Gasteiger partial charge in [-0.25, -0.2) is 0 Å². The fourth-order valence-corrected chi connectivity index (χ4v) is 1.79. The third-order valence-corrected chi connectivity index (χ3v) is 2.95. The molecule has 0 radical (unpaired) electrons. The second kappa shape index (κ2) is 4.94. The molecule has 3 heteroatoms. The molecule has 78 valence electrons. The van der Waals surface area contributed by atoms with Crippen molar-refractivity contribution in [3.63, 3.8) is 0 Å². The van der Waals surface area contributed by atoms with Crippen LogP contribution >= 0.6 is 0 Å². The molecular formula is C10H23N3. The van der Waals surface area contributed by atoms with Crippen LogP contribution in [0.3, 0.4) is 0 Å². The number of likely N-dealkylation sites (tertiary alicyclic amines) is 1. The highest BCUT2D eigenvalue weighted by Crippen LogP contribution is 2.09.